The Hall–Kier alpha value is -1.75. The van der Waals surface area contributed by atoms with E-state index in [2.05, 4.69) is 5.32 Å². The molecular formula is C14H22N2O3. The molecule has 0 radical (unpaired) electrons. The highest BCUT2D eigenvalue weighted by atomic mass is 16.5. The Morgan fingerprint density at radius 3 is 2.74 bits per heavy atom. The molecule has 1 amide bonds. The lowest BCUT2D eigenvalue weighted by Gasteiger charge is -2.25. The highest BCUT2D eigenvalue weighted by Crippen LogP contribution is 2.30. The maximum absolute atomic E-state index is 11.5. The first-order chi connectivity index (χ1) is 8.99. The van der Waals surface area contributed by atoms with Gasteiger partial charge in [-0.15, -0.1) is 0 Å². The van der Waals surface area contributed by atoms with Crippen molar-refractivity contribution >= 4 is 5.91 Å². The zero-order chi connectivity index (χ0) is 14.4. The Kier molecular flexibility index (Phi) is 5.63. The quantitative estimate of drug-likeness (QED) is 0.819. The summed E-state index contributed by atoms with van der Waals surface area (Å²) in [5.41, 5.74) is 0.771. The zero-order valence-corrected chi connectivity index (χ0v) is 11.9. The SMILES string of the molecule is CCNC(=O)CN(C)C(C)c1ccc(OC)cc1O. The molecule has 0 aliphatic carbocycles. The summed E-state index contributed by atoms with van der Waals surface area (Å²) in [5.74, 6) is 0.763. The maximum atomic E-state index is 11.5. The Morgan fingerprint density at radius 1 is 1.53 bits per heavy atom. The van der Waals surface area contributed by atoms with Crippen molar-refractivity contribution in [1.29, 1.82) is 0 Å². The second-order valence-electron chi connectivity index (χ2n) is 4.47. The van der Waals surface area contributed by atoms with Gasteiger partial charge in [-0.25, -0.2) is 0 Å². The molecule has 0 aliphatic rings. The Morgan fingerprint density at radius 2 is 2.21 bits per heavy atom. The number of carbonyl (C=O) groups is 1. The predicted octanol–water partition coefficient (Wildman–Crippen LogP) is 1.53. The number of nitrogens with one attached hydrogen (secondary N) is 1. The molecule has 1 unspecified atom stereocenters. The van der Waals surface area contributed by atoms with Crippen molar-refractivity contribution in [2.24, 2.45) is 0 Å². The van der Waals surface area contributed by atoms with E-state index in [4.69, 9.17) is 4.74 Å². The number of phenols is 1. The third-order valence-corrected chi connectivity index (χ3v) is 3.12. The summed E-state index contributed by atoms with van der Waals surface area (Å²) >= 11 is 0. The Bertz CT molecular complexity index is 435. The summed E-state index contributed by atoms with van der Waals surface area (Å²) in [6.07, 6.45) is 0. The number of ether oxygens (including phenoxy) is 1. The number of aromatic hydroxyl groups is 1. The molecular weight excluding hydrogens is 244 g/mol. The molecule has 5 nitrogen and oxygen atoms in total. The van der Waals surface area contributed by atoms with E-state index in [1.165, 1.54) is 0 Å². The minimum absolute atomic E-state index is 0.0233. The average Bonchev–Trinajstić information content (AvgIpc) is 2.37. The normalized spacial score (nSPS) is 12.3. The molecule has 0 fully saturated rings. The summed E-state index contributed by atoms with van der Waals surface area (Å²) in [6, 6.07) is 5.12. The molecule has 1 aromatic rings. The fourth-order valence-electron chi connectivity index (χ4n) is 1.86. The van der Waals surface area contributed by atoms with Gasteiger partial charge in [0.05, 0.1) is 13.7 Å². The number of carbonyl (C=O) groups excluding carboxylic acids is 1. The van der Waals surface area contributed by atoms with Gasteiger partial charge in [0.15, 0.2) is 0 Å². The molecule has 0 heterocycles. The van der Waals surface area contributed by atoms with Crippen LogP contribution >= 0.6 is 0 Å². The second kappa shape index (κ2) is 6.99. The molecule has 0 spiro atoms. The largest absolute Gasteiger partial charge is 0.507 e. The zero-order valence-electron chi connectivity index (χ0n) is 11.9. The van der Waals surface area contributed by atoms with Gasteiger partial charge in [0, 0.05) is 24.2 Å². The van der Waals surface area contributed by atoms with Crippen LogP contribution in [-0.2, 0) is 4.79 Å². The first kappa shape index (κ1) is 15.3. The van der Waals surface area contributed by atoms with Crippen molar-refractivity contribution < 1.29 is 14.6 Å². The van der Waals surface area contributed by atoms with Crippen LogP contribution in [0.3, 0.4) is 0 Å². The standard InChI is InChI=1S/C14H22N2O3/c1-5-15-14(18)9-16(3)10(2)12-7-6-11(19-4)8-13(12)17/h6-8,10,17H,5,9H2,1-4H3,(H,15,18). The number of likely N-dealkylation sites (N-methyl/N-ethyl adjacent to an activating group) is 2. The topological polar surface area (TPSA) is 61.8 Å². The highest BCUT2D eigenvalue weighted by molar-refractivity contribution is 5.77. The molecule has 0 saturated heterocycles. The average molecular weight is 266 g/mol. The van der Waals surface area contributed by atoms with Gasteiger partial charge in [0.25, 0.3) is 0 Å². The van der Waals surface area contributed by atoms with Crippen LogP contribution in [0.4, 0.5) is 0 Å². The smallest absolute Gasteiger partial charge is 0.234 e. The number of amides is 1. The van der Waals surface area contributed by atoms with Crippen molar-refractivity contribution in [1.82, 2.24) is 10.2 Å². The molecule has 106 valence electrons. The molecule has 5 heteroatoms. The van der Waals surface area contributed by atoms with Gasteiger partial charge in [-0.3, -0.25) is 9.69 Å². The van der Waals surface area contributed by atoms with Crippen LogP contribution < -0.4 is 10.1 Å². The summed E-state index contributed by atoms with van der Waals surface area (Å²) < 4.78 is 5.05. The van der Waals surface area contributed by atoms with E-state index in [0.29, 0.717) is 18.8 Å². The van der Waals surface area contributed by atoms with Gasteiger partial charge >= 0.3 is 0 Å². The van der Waals surface area contributed by atoms with Crippen molar-refractivity contribution in [2.75, 3.05) is 27.2 Å². The number of nitrogens with zero attached hydrogens (tertiary/aromatic N) is 1. The first-order valence-electron chi connectivity index (χ1n) is 6.33. The fraction of sp³-hybridized carbons (Fsp3) is 0.500. The van der Waals surface area contributed by atoms with Crippen LogP contribution in [0.2, 0.25) is 0 Å². The lowest BCUT2D eigenvalue weighted by Crippen LogP contribution is -2.36. The van der Waals surface area contributed by atoms with Crippen molar-refractivity contribution in [2.45, 2.75) is 19.9 Å². The molecule has 0 saturated carbocycles. The monoisotopic (exact) mass is 266 g/mol. The fourth-order valence-corrected chi connectivity index (χ4v) is 1.86. The number of rotatable bonds is 6. The van der Waals surface area contributed by atoms with E-state index in [0.717, 1.165) is 5.56 Å². The molecule has 1 aromatic carbocycles. The molecule has 2 N–H and O–H groups in total. The summed E-state index contributed by atoms with van der Waals surface area (Å²) in [7, 11) is 3.41. The van der Waals surface area contributed by atoms with Crippen molar-refractivity contribution in [3.63, 3.8) is 0 Å². The van der Waals surface area contributed by atoms with Gasteiger partial charge in [-0.05, 0) is 27.0 Å². The van der Waals surface area contributed by atoms with Crippen LogP contribution in [0.5, 0.6) is 11.5 Å². The Balaban J connectivity index is 2.76. The van der Waals surface area contributed by atoms with Crippen LogP contribution in [0.25, 0.3) is 0 Å². The summed E-state index contributed by atoms with van der Waals surface area (Å²) in [5, 5.41) is 12.7. The van der Waals surface area contributed by atoms with Gasteiger partial charge in [0.1, 0.15) is 11.5 Å². The van der Waals surface area contributed by atoms with Crippen LogP contribution in [0.1, 0.15) is 25.5 Å². The number of hydrogen-bond donors (Lipinski definition) is 2. The lowest BCUT2D eigenvalue weighted by molar-refractivity contribution is -0.122. The second-order valence-corrected chi connectivity index (χ2v) is 4.47. The number of hydrogen-bond acceptors (Lipinski definition) is 4. The minimum Gasteiger partial charge on any atom is -0.507 e. The van der Waals surface area contributed by atoms with Gasteiger partial charge in [-0.1, -0.05) is 6.07 Å². The van der Waals surface area contributed by atoms with Gasteiger partial charge in [-0.2, -0.15) is 0 Å². The summed E-state index contributed by atoms with van der Waals surface area (Å²) in [6.45, 7) is 4.74. The molecule has 1 rings (SSSR count). The van der Waals surface area contributed by atoms with E-state index in [1.807, 2.05) is 31.9 Å². The van der Waals surface area contributed by atoms with E-state index < -0.39 is 0 Å². The van der Waals surface area contributed by atoms with Crippen LogP contribution in [0, 0.1) is 0 Å². The minimum atomic E-state index is -0.0616. The maximum Gasteiger partial charge on any atom is 0.234 e. The first-order valence-corrected chi connectivity index (χ1v) is 6.33. The van der Waals surface area contributed by atoms with E-state index in [9.17, 15) is 9.90 Å². The summed E-state index contributed by atoms with van der Waals surface area (Å²) in [4.78, 5) is 13.4. The molecule has 0 aliphatic heterocycles. The number of phenolic OH excluding ortho intramolecular Hbond substituents is 1. The Labute approximate surface area is 114 Å². The number of benzene rings is 1. The van der Waals surface area contributed by atoms with E-state index in [1.54, 1.807) is 19.2 Å². The highest BCUT2D eigenvalue weighted by Gasteiger charge is 2.17. The van der Waals surface area contributed by atoms with E-state index >= 15 is 0 Å². The number of methoxy groups -OCH3 is 1. The lowest BCUT2D eigenvalue weighted by atomic mass is 10.1. The molecule has 0 aromatic heterocycles. The van der Waals surface area contributed by atoms with Crippen LogP contribution in [0.15, 0.2) is 18.2 Å². The van der Waals surface area contributed by atoms with Gasteiger partial charge in [0.2, 0.25) is 5.91 Å². The van der Waals surface area contributed by atoms with E-state index in [-0.39, 0.29) is 17.7 Å². The van der Waals surface area contributed by atoms with Crippen molar-refractivity contribution in [3.05, 3.63) is 23.8 Å². The third-order valence-electron chi connectivity index (χ3n) is 3.12. The van der Waals surface area contributed by atoms with Gasteiger partial charge < -0.3 is 15.2 Å². The molecule has 0 bridgehead atoms. The molecule has 1 atom stereocenters. The predicted molar refractivity (Wildman–Crippen MR) is 74.4 cm³/mol. The third kappa shape index (κ3) is 4.13. The van der Waals surface area contributed by atoms with Crippen molar-refractivity contribution in [3.8, 4) is 11.5 Å². The van der Waals surface area contributed by atoms with Crippen LogP contribution in [-0.4, -0.2) is 43.2 Å². The molecule has 19 heavy (non-hydrogen) atoms.